The van der Waals surface area contributed by atoms with Gasteiger partial charge in [-0.1, -0.05) is 23.8 Å². The molecule has 36 heavy (non-hydrogen) atoms. The number of rotatable bonds is 6. The van der Waals surface area contributed by atoms with Crippen molar-refractivity contribution in [2.24, 2.45) is 0 Å². The van der Waals surface area contributed by atoms with Gasteiger partial charge in [0, 0.05) is 31.7 Å². The highest BCUT2D eigenvalue weighted by atomic mass is 32.2. The first-order valence-corrected chi connectivity index (χ1v) is 12.7. The molecule has 0 aliphatic carbocycles. The van der Waals surface area contributed by atoms with Crippen molar-refractivity contribution >= 4 is 27.6 Å². The molecule has 1 aromatic heterocycles. The normalized spacial score (nSPS) is 14.8. The maximum Gasteiger partial charge on any atom is 0.288 e. The zero-order valence-corrected chi connectivity index (χ0v) is 20.2. The van der Waals surface area contributed by atoms with Crippen LogP contribution in [0.3, 0.4) is 0 Å². The highest BCUT2D eigenvalue weighted by Gasteiger charge is 2.40. The largest absolute Gasteiger partial charge is 0.459 e. The summed E-state index contributed by atoms with van der Waals surface area (Å²) in [6, 6.07) is 14.1. The average molecular weight is 514 g/mol. The van der Waals surface area contributed by atoms with Gasteiger partial charge in [-0.05, 0) is 49.4 Å². The molecule has 1 aliphatic rings. The van der Waals surface area contributed by atoms with E-state index in [0.29, 0.717) is 0 Å². The van der Waals surface area contributed by atoms with Crippen molar-refractivity contribution in [3.63, 3.8) is 0 Å². The minimum absolute atomic E-state index is 0.0381. The molecule has 0 bridgehead atoms. The van der Waals surface area contributed by atoms with Crippen LogP contribution in [0.15, 0.2) is 76.2 Å². The van der Waals surface area contributed by atoms with Gasteiger partial charge in [-0.2, -0.15) is 0 Å². The third-order valence-corrected chi connectivity index (χ3v) is 7.71. The third-order valence-electron chi connectivity index (χ3n) is 5.84. The SMILES string of the molecule is Cc1ccc(S(=O)(=O)[C@H](NC(=O)c2ccco2)C(=O)N2CCN(C(=O)c3cccc(F)c3)CC2)cc1. The van der Waals surface area contributed by atoms with E-state index in [9.17, 15) is 27.2 Å². The Bertz CT molecular complexity index is 1370. The maximum absolute atomic E-state index is 13.5. The zero-order chi connectivity index (χ0) is 25.9. The Labute approximate surface area is 207 Å². The van der Waals surface area contributed by atoms with Gasteiger partial charge in [-0.25, -0.2) is 12.8 Å². The van der Waals surface area contributed by atoms with Gasteiger partial charge in [0.2, 0.25) is 15.2 Å². The fourth-order valence-electron chi connectivity index (χ4n) is 3.83. The predicted octanol–water partition coefficient (Wildman–Crippen LogP) is 2.24. The summed E-state index contributed by atoms with van der Waals surface area (Å²) in [5, 5.41) is 0.402. The standard InChI is InChI=1S/C25H24FN3O6S/c1-17-7-9-20(10-8-17)36(33,34)23(27-22(30)21-6-3-15-35-21)25(32)29-13-11-28(12-14-29)24(31)18-4-2-5-19(26)16-18/h2-10,15-16,23H,11-14H2,1H3,(H,27,30)/t23-/m0/s1. The first-order valence-electron chi connectivity index (χ1n) is 11.2. The summed E-state index contributed by atoms with van der Waals surface area (Å²) in [5.74, 6) is -2.75. The molecule has 0 spiro atoms. The molecule has 188 valence electrons. The van der Waals surface area contributed by atoms with Gasteiger partial charge in [-0.3, -0.25) is 14.4 Å². The second-order valence-electron chi connectivity index (χ2n) is 8.32. The smallest absolute Gasteiger partial charge is 0.288 e. The minimum atomic E-state index is -4.32. The summed E-state index contributed by atoms with van der Waals surface area (Å²) in [6.07, 6.45) is 1.26. The van der Waals surface area contributed by atoms with Crippen LogP contribution in [-0.2, 0) is 14.6 Å². The van der Waals surface area contributed by atoms with Gasteiger partial charge in [0.1, 0.15) is 5.82 Å². The molecule has 11 heteroatoms. The van der Waals surface area contributed by atoms with Crippen LogP contribution in [0.1, 0.15) is 26.5 Å². The monoisotopic (exact) mass is 513 g/mol. The number of hydrogen-bond acceptors (Lipinski definition) is 6. The molecule has 9 nitrogen and oxygen atoms in total. The van der Waals surface area contributed by atoms with Crippen LogP contribution in [0.2, 0.25) is 0 Å². The van der Waals surface area contributed by atoms with Crippen LogP contribution in [0.5, 0.6) is 0 Å². The van der Waals surface area contributed by atoms with E-state index in [-0.39, 0.29) is 42.4 Å². The van der Waals surface area contributed by atoms with E-state index in [1.807, 2.05) is 0 Å². The van der Waals surface area contributed by atoms with Crippen LogP contribution in [0.4, 0.5) is 4.39 Å². The fourth-order valence-corrected chi connectivity index (χ4v) is 5.30. The number of aryl methyl sites for hydroxylation is 1. The molecule has 0 saturated carbocycles. The van der Waals surface area contributed by atoms with Crippen molar-refractivity contribution in [1.29, 1.82) is 0 Å². The number of hydrogen-bond donors (Lipinski definition) is 1. The number of amides is 3. The van der Waals surface area contributed by atoms with Crippen molar-refractivity contribution < 1.29 is 31.6 Å². The molecule has 4 rings (SSSR count). The molecule has 3 aromatic rings. The van der Waals surface area contributed by atoms with Crippen LogP contribution in [0, 0.1) is 12.7 Å². The molecule has 1 aliphatic heterocycles. The van der Waals surface area contributed by atoms with E-state index >= 15 is 0 Å². The van der Waals surface area contributed by atoms with Gasteiger partial charge in [0.05, 0.1) is 11.2 Å². The quantitative estimate of drug-likeness (QED) is 0.540. The lowest BCUT2D eigenvalue weighted by molar-refractivity contribution is -0.132. The van der Waals surface area contributed by atoms with Gasteiger partial charge >= 0.3 is 0 Å². The molecule has 1 N–H and O–H groups in total. The summed E-state index contributed by atoms with van der Waals surface area (Å²) in [6.45, 7) is 2.10. The molecular formula is C25H24FN3O6S. The number of furan rings is 1. The summed E-state index contributed by atoms with van der Waals surface area (Å²) >= 11 is 0. The van der Waals surface area contributed by atoms with Crippen LogP contribution < -0.4 is 5.32 Å². The van der Waals surface area contributed by atoms with E-state index in [0.717, 1.165) is 11.6 Å². The first-order chi connectivity index (χ1) is 17.2. The average Bonchev–Trinajstić information content (AvgIpc) is 3.42. The third kappa shape index (κ3) is 5.30. The molecule has 0 unspecified atom stereocenters. The Morgan fingerprint density at radius 2 is 1.61 bits per heavy atom. The molecular weight excluding hydrogens is 489 g/mol. The highest BCUT2D eigenvalue weighted by Crippen LogP contribution is 2.19. The number of halogens is 1. The van der Waals surface area contributed by atoms with E-state index in [2.05, 4.69) is 5.32 Å². The number of nitrogens with one attached hydrogen (secondary N) is 1. The van der Waals surface area contributed by atoms with Gasteiger partial charge in [-0.15, -0.1) is 0 Å². The Kier molecular flexibility index (Phi) is 7.20. The van der Waals surface area contributed by atoms with E-state index in [1.54, 1.807) is 19.1 Å². The number of carbonyl (C=O) groups excluding carboxylic acids is 3. The molecule has 1 fully saturated rings. The summed E-state index contributed by atoms with van der Waals surface area (Å²) in [4.78, 5) is 41.4. The lowest BCUT2D eigenvalue weighted by Crippen LogP contribution is -2.57. The van der Waals surface area contributed by atoms with Gasteiger partial charge in [0.25, 0.3) is 17.7 Å². The van der Waals surface area contributed by atoms with Crippen molar-refractivity contribution in [3.05, 3.63) is 89.6 Å². The van der Waals surface area contributed by atoms with Gasteiger partial charge in [0.15, 0.2) is 5.76 Å². The zero-order valence-electron chi connectivity index (χ0n) is 19.4. The second-order valence-corrected chi connectivity index (χ2v) is 10.3. The van der Waals surface area contributed by atoms with Crippen LogP contribution in [0.25, 0.3) is 0 Å². The Morgan fingerprint density at radius 3 is 2.22 bits per heavy atom. The van der Waals surface area contributed by atoms with Gasteiger partial charge < -0.3 is 19.5 Å². The first kappa shape index (κ1) is 25.1. The van der Waals surface area contributed by atoms with Crippen LogP contribution >= 0.6 is 0 Å². The fraction of sp³-hybridized carbons (Fsp3) is 0.240. The molecule has 1 atom stereocenters. The second kappa shape index (κ2) is 10.3. The Balaban J connectivity index is 1.53. The number of benzene rings is 2. The summed E-state index contributed by atoms with van der Waals surface area (Å²) in [5.41, 5.74) is 1.01. The Hall–Kier alpha value is -3.99. The minimum Gasteiger partial charge on any atom is -0.459 e. The summed E-state index contributed by atoms with van der Waals surface area (Å²) < 4.78 is 45.4. The lowest BCUT2D eigenvalue weighted by Gasteiger charge is -2.36. The predicted molar refractivity (Wildman–Crippen MR) is 127 cm³/mol. The number of sulfone groups is 1. The van der Waals surface area contributed by atoms with E-state index in [1.165, 1.54) is 58.5 Å². The number of piperazine rings is 1. The highest BCUT2D eigenvalue weighted by molar-refractivity contribution is 7.92. The van der Waals surface area contributed by atoms with Crippen molar-refractivity contribution in [1.82, 2.24) is 15.1 Å². The van der Waals surface area contributed by atoms with Crippen molar-refractivity contribution in [2.75, 3.05) is 26.2 Å². The van der Waals surface area contributed by atoms with E-state index in [4.69, 9.17) is 4.42 Å². The summed E-state index contributed by atoms with van der Waals surface area (Å²) in [7, 11) is -4.32. The molecule has 2 aromatic carbocycles. The number of carbonyl (C=O) groups is 3. The van der Waals surface area contributed by atoms with Crippen molar-refractivity contribution in [3.8, 4) is 0 Å². The van der Waals surface area contributed by atoms with Crippen molar-refractivity contribution in [2.45, 2.75) is 17.2 Å². The van der Waals surface area contributed by atoms with E-state index < -0.39 is 38.7 Å². The maximum atomic E-state index is 13.5. The van der Waals surface area contributed by atoms with Crippen LogP contribution in [-0.4, -0.2) is 67.5 Å². The Morgan fingerprint density at radius 1 is 0.944 bits per heavy atom. The topological polar surface area (TPSA) is 117 Å². The molecule has 1 saturated heterocycles. The number of nitrogens with zero attached hydrogens (tertiary/aromatic N) is 2. The lowest BCUT2D eigenvalue weighted by atomic mass is 10.1. The molecule has 3 amide bonds. The molecule has 2 heterocycles. The molecule has 0 radical (unpaired) electrons.